The number of nitrogens with two attached hydrogens (primary N) is 1. The molecular formula is C20H24ClN3O3S. The fraction of sp³-hybridized carbons (Fsp3) is 0.300. The van der Waals surface area contributed by atoms with Crippen LogP contribution in [0.1, 0.15) is 23.6 Å². The standard InChI is InChI=1S/C20H24ClN3O3S/c1-4-14-7-13(2)8-16(9-14)26-5-6-27-19-17(21)10-15(11-18(19)25-3)12-23-24-20(22)28/h7-12H,4-6H2,1-3H3,(H3,22,24,28)/b23-12+. The molecule has 2 aromatic rings. The maximum Gasteiger partial charge on any atom is 0.184 e. The zero-order valence-electron chi connectivity index (χ0n) is 16.1. The molecule has 0 atom stereocenters. The number of aryl methyl sites for hydroxylation is 2. The van der Waals surface area contributed by atoms with E-state index in [-0.39, 0.29) is 5.11 Å². The van der Waals surface area contributed by atoms with Gasteiger partial charge in [-0.15, -0.1) is 0 Å². The molecule has 0 amide bonds. The molecule has 0 aliphatic heterocycles. The maximum absolute atomic E-state index is 6.33. The molecule has 0 saturated carbocycles. The number of ether oxygens (including phenoxy) is 3. The molecule has 0 unspecified atom stereocenters. The summed E-state index contributed by atoms with van der Waals surface area (Å²) in [4.78, 5) is 0. The Bertz CT molecular complexity index is 859. The van der Waals surface area contributed by atoms with Crippen LogP contribution in [-0.2, 0) is 6.42 Å². The lowest BCUT2D eigenvalue weighted by Crippen LogP contribution is -2.23. The largest absolute Gasteiger partial charge is 0.493 e. The van der Waals surface area contributed by atoms with E-state index in [9.17, 15) is 0 Å². The van der Waals surface area contributed by atoms with Gasteiger partial charge >= 0.3 is 0 Å². The monoisotopic (exact) mass is 421 g/mol. The lowest BCUT2D eigenvalue weighted by atomic mass is 10.1. The van der Waals surface area contributed by atoms with Gasteiger partial charge in [-0.2, -0.15) is 5.10 Å². The molecular weight excluding hydrogens is 398 g/mol. The van der Waals surface area contributed by atoms with Gasteiger partial charge in [-0.3, -0.25) is 5.43 Å². The first-order valence-electron chi connectivity index (χ1n) is 8.75. The van der Waals surface area contributed by atoms with Gasteiger partial charge in [0.15, 0.2) is 16.6 Å². The number of methoxy groups -OCH3 is 1. The summed E-state index contributed by atoms with van der Waals surface area (Å²) in [5, 5.41) is 4.38. The van der Waals surface area contributed by atoms with E-state index < -0.39 is 0 Å². The normalized spacial score (nSPS) is 10.7. The van der Waals surface area contributed by atoms with Crippen molar-refractivity contribution in [3.05, 3.63) is 52.0 Å². The van der Waals surface area contributed by atoms with Gasteiger partial charge in [0.1, 0.15) is 19.0 Å². The van der Waals surface area contributed by atoms with E-state index in [2.05, 4.69) is 30.4 Å². The SMILES string of the molecule is CCc1cc(C)cc(OCCOc2c(Cl)cc(/C=N/NC(N)=S)cc2OC)c1. The van der Waals surface area contributed by atoms with Crippen LogP contribution < -0.4 is 25.4 Å². The number of nitrogens with zero attached hydrogens (tertiary/aromatic N) is 1. The van der Waals surface area contributed by atoms with Crippen molar-refractivity contribution in [1.29, 1.82) is 0 Å². The highest BCUT2D eigenvalue weighted by molar-refractivity contribution is 7.80. The number of benzene rings is 2. The second kappa shape index (κ2) is 10.7. The van der Waals surface area contributed by atoms with E-state index in [4.69, 9.17) is 43.8 Å². The highest BCUT2D eigenvalue weighted by Crippen LogP contribution is 2.36. The van der Waals surface area contributed by atoms with Crippen molar-refractivity contribution in [2.45, 2.75) is 20.3 Å². The third-order valence-electron chi connectivity index (χ3n) is 3.76. The molecule has 6 nitrogen and oxygen atoms in total. The van der Waals surface area contributed by atoms with Crippen LogP contribution in [0.2, 0.25) is 5.02 Å². The summed E-state index contributed by atoms with van der Waals surface area (Å²) in [6.45, 7) is 4.87. The smallest absolute Gasteiger partial charge is 0.184 e. The number of halogens is 1. The number of hydrazone groups is 1. The van der Waals surface area contributed by atoms with E-state index in [1.54, 1.807) is 19.2 Å². The summed E-state index contributed by atoms with van der Waals surface area (Å²) in [5.41, 5.74) is 10.9. The molecule has 0 fully saturated rings. The van der Waals surface area contributed by atoms with Crippen LogP contribution in [0.5, 0.6) is 17.2 Å². The van der Waals surface area contributed by atoms with Crippen LogP contribution in [0.15, 0.2) is 35.4 Å². The zero-order chi connectivity index (χ0) is 20.5. The molecule has 0 spiro atoms. The Balaban J connectivity index is 1.99. The van der Waals surface area contributed by atoms with E-state index in [0.29, 0.717) is 35.3 Å². The van der Waals surface area contributed by atoms with Gasteiger partial charge in [-0.25, -0.2) is 0 Å². The van der Waals surface area contributed by atoms with E-state index in [1.807, 2.05) is 12.1 Å². The zero-order valence-corrected chi connectivity index (χ0v) is 17.7. The summed E-state index contributed by atoms with van der Waals surface area (Å²) in [5.74, 6) is 1.77. The summed E-state index contributed by atoms with van der Waals surface area (Å²) in [6.07, 6.45) is 2.49. The number of hydrogen-bond acceptors (Lipinski definition) is 5. The van der Waals surface area contributed by atoms with Crippen molar-refractivity contribution in [3.8, 4) is 17.2 Å². The lowest BCUT2D eigenvalue weighted by molar-refractivity contribution is 0.211. The first-order chi connectivity index (χ1) is 13.4. The third-order valence-corrected chi connectivity index (χ3v) is 4.13. The van der Waals surface area contributed by atoms with Gasteiger partial charge in [0, 0.05) is 0 Å². The second-order valence-electron chi connectivity index (χ2n) is 5.97. The quantitative estimate of drug-likeness (QED) is 0.277. The van der Waals surface area contributed by atoms with Crippen LogP contribution in [0.25, 0.3) is 0 Å². The lowest BCUT2D eigenvalue weighted by Gasteiger charge is -2.14. The molecule has 0 saturated heterocycles. The van der Waals surface area contributed by atoms with Crippen molar-refractivity contribution < 1.29 is 14.2 Å². The molecule has 2 aromatic carbocycles. The molecule has 3 N–H and O–H groups in total. The molecule has 0 radical (unpaired) electrons. The molecule has 8 heteroatoms. The Labute approximate surface area is 175 Å². The van der Waals surface area contributed by atoms with Gasteiger partial charge in [0.25, 0.3) is 0 Å². The average molecular weight is 422 g/mol. The van der Waals surface area contributed by atoms with Gasteiger partial charge in [0.2, 0.25) is 0 Å². The van der Waals surface area contributed by atoms with Crippen LogP contribution in [0.3, 0.4) is 0 Å². The van der Waals surface area contributed by atoms with Crippen LogP contribution in [-0.4, -0.2) is 31.7 Å². The molecule has 0 heterocycles. The first kappa shape index (κ1) is 21.8. The number of thiocarbonyl (C=S) groups is 1. The van der Waals surface area contributed by atoms with Gasteiger partial charge in [-0.05, 0) is 66.5 Å². The Morgan fingerprint density at radius 1 is 1.21 bits per heavy atom. The van der Waals surface area contributed by atoms with Gasteiger partial charge < -0.3 is 19.9 Å². The number of nitrogens with one attached hydrogen (secondary N) is 1. The van der Waals surface area contributed by atoms with Crippen molar-refractivity contribution >= 4 is 35.1 Å². The molecule has 0 aliphatic rings. The fourth-order valence-corrected chi connectivity index (χ4v) is 2.87. The minimum absolute atomic E-state index is 0.0777. The van der Waals surface area contributed by atoms with Crippen molar-refractivity contribution in [1.82, 2.24) is 5.43 Å². The molecule has 0 aliphatic carbocycles. The molecule has 2 rings (SSSR count). The Hall–Kier alpha value is -2.51. The Morgan fingerprint density at radius 2 is 1.96 bits per heavy atom. The molecule has 28 heavy (non-hydrogen) atoms. The predicted octanol–water partition coefficient (Wildman–Crippen LogP) is 3.84. The third kappa shape index (κ3) is 6.58. The van der Waals surface area contributed by atoms with Crippen LogP contribution >= 0.6 is 23.8 Å². The van der Waals surface area contributed by atoms with Crippen LogP contribution in [0, 0.1) is 6.92 Å². The van der Waals surface area contributed by atoms with Gasteiger partial charge in [0.05, 0.1) is 18.3 Å². The molecule has 150 valence electrons. The number of hydrogen-bond donors (Lipinski definition) is 2. The Kier molecular flexibility index (Phi) is 8.35. The average Bonchev–Trinajstić information content (AvgIpc) is 2.65. The van der Waals surface area contributed by atoms with Crippen molar-refractivity contribution in [2.75, 3.05) is 20.3 Å². The van der Waals surface area contributed by atoms with E-state index in [0.717, 1.165) is 12.2 Å². The Morgan fingerprint density at radius 3 is 2.64 bits per heavy atom. The van der Waals surface area contributed by atoms with Crippen molar-refractivity contribution in [2.24, 2.45) is 10.8 Å². The topological polar surface area (TPSA) is 78.1 Å². The minimum atomic E-state index is 0.0777. The maximum atomic E-state index is 6.33. The highest BCUT2D eigenvalue weighted by atomic mass is 35.5. The molecule has 0 bridgehead atoms. The highest BCUT2D eigenvalue weighted by Gasteiger charge is 2.12. The predicted molar refractivity (Wildman–Crippen MR) is 117 cm³/mol. The molecule has 0 aromatic heterocycles. The van der Waals surface area contributed by atoms with E-state index in [1.165, 1.54) is 17.3 Å². The number of rotatable bonds is 9. The second-order valence-corrected chi connectivity index (χ2v) is 6.82. The summed E-state index contributed by atoms with van der Waals surface area (Å²) >= 11 is 11.0. The van der Waals surface area contributed by atoms with Gasteiger partial charge in [-0.1, -0.05) is 24.6 Å². The summed E-state index contributed by atoms with van der Waals surface area (Å²) in [7, 11) is 1.54. The first-order valence-corrected chi connectivity index (χ1v) is 9.53. The summed E-state index contributed by atoms with van der Waals surface area (Å²) < 4.78 is 17.0. The minimum Gasteiger partial charge on any atom is -0.493 e. The van der Waals surface area contributed by atoms with Crippen LogP contribution in [0.4, 0.5) is 0 Å². The van der Waals surface area contributed by atoms with E-state index >= 15 is 0 Å². The fourth-order valence-electron chi connectivity index (χ4n) is 2.54. The summed E-state index contributed by atoms with van der Waals surface area (Å²) in [6, 6.07) is 9.65. The van der Waals surface area contributed by atoms with Crippen molar-refractivity contribution in [3.63, 3.8) is 0 Å².